The average molecular weight is 292 g/mol. The number of fused-ring (bicyclic) bond motifs is 2. The van der Waals surface area contributed by atoms with E-state index in [2.05, 4.69) is 31.4 Å². The van der Waals surface area contributed by atoms with Gasteiger partial charge < -0.3 is 10.6 Å². The van der Waals surface area contributed by atoms with E-state index in [0.717, 1.165) is 18.9 Å². The van der Waals surface area contributed by atoms with Gasteiger partial charge in [0.2, 0.25) is 5.91 Å². The zero-order valence-electron chi connectivity index (χ0n) is 14.0. The summed E-state index contributed by atoms with van der Waals surface area (Å²) in [6.45, 7) is 8.34. The SMILES string of the molecule is CC1(C)C2CCC1(C)C(NC(=O)CCC1CCCCN1)C2. The number of piperidine rings is 1. The molecule has 0 spiro atoms. The van der Waals surface area contributed by atoms with Gasteiger partial charge in [-0.05, 0) is 61.8 Å². The molecule has 0 aromatic carbocycles. The Morgan fingerprint density at radius 3 is 2.62 bits per heavy atom. The largest absolute Gasteiger partial charge is 0.353 e. The molecule has 2 bridgehead atoms. The number of hydrogen-bond acceptors (Lipinski definition) is 2. The Bertz CT molecular complexity index is 400. The van der Waals surface area contributed by atoms with E-state index in [1.54, 1.807) is 0 Å². The van der Waals surface area contributed by atoms with Gasteiger partial charge in [0, 0.05) is 18.5 Å². The van der Waals surface area contributed by atoms with Gasteiger partial charge in [0.1, 0.15) is 0 Å². The van der Waals surface area contributed by atoms with Crippen LogP contribution in [-0.4, -0.2) is 24.5 Å². The minimum absolute atomic E-state index is 0.275. The topological polar surface area (TPSA) is 41.1 Å². The van der Waals surface area contributed by atoms with Crippen LogP contribution < -0.4 is 10.6 Å². The van der Waals surface area contributed by atoms with E-state index >= 15 is 0 Å². The van der Waals surface area contributed by atoms with Crippen LogP contribution in [0.25, 0.3) is 0 Å². The number of amides is 1. The molecule has 3 nitrogen and oxygen atoms in total. The van der Waals surface area contributed by atoms with Crippen molar-refractivity contribution >= 4 is 5.91 Å². The summed E-state index contributed by atoms with van der Waals surface area (Å²) in [5, 5.41) is 6.91. The smallest absolute Gasteiger partial charge is 0.220 e. The quantitative estimate of drug-likeness (QED) is 0.835. The summed E-state index contributed by atoms with van der Waals surface area (Å²) in [5.74, 6) is 1.07. The maximum atomic E-state index is 12.3. The van der Waals surface area contributed by atoms with E-state index in [4.69, 9.17) is 0 Å². The van der Waals surface area contributed by atoms with Crippen LogP contribution in [-0.2, 0) is 4.79 Å². The zero-order chi connectivity index (χ0) is 15.1. The molecule has 3 heteroatoms. The fraction of sp³-hybridized carbons (Fsp3) is 0.944. The van der Waals surface area contributed by atoms with E-state index in [9.17, 15) is 4.79 Å². The lowest BCUT2D eigenvalue weighted by Gasteiger charge is -2.39. The van der Waals surface area contributed by atoms with E-state index in [0.29, 0.717) is 29.3 Å². The Hall–Kier alpha value is -0.570. The van der Waals surface area contributed by atoms with Gasteiger partial charge in [-0.2, -0.15) is 0 Å². The van der Waals surface area contributed by atoms with E-state index < -0.39 is 0 Å². The number of carbonyl (C=O) groups excluding carboxylic acids is 1. The van der Waals surface area contributed by atoms with Gasteiger partial charge in [0.25, 0.3) is 0 Å². The molecular formula is C18H32N2O. The lowest BCUT2D eigenvalue weighted by molar-refractivity contribution is -0.123. The van der Waals surface area contributed by atoms with Crippen molar-refractivity contribution in [1.82, 2.24) is 10.6 Å². The third kappa shape index (κ3) is 2.62. The summed E-state index contributed by atoms with van der Waals surface area (Å²) in [5.41, 5.74) is 0.687. The van der Waals surface area contributed by atoms with Crippen LogP contribution in [0.3, 0.4) is 0 Å². The Kier molecular flexibility index (Phi) is 4.06. The Morgan fingerprint density at radius 1 is 1.24 bits per heavy atom. The molecule has 1 heterocycles. The van der Waals surface area contributed by atoms with Gasteiger partial charge >= 0.3 is 0 Å². The molecule has 3 aliphatic rings. The second-order valence-corrected chi connectivity index (χ2v) is 8.42. The van der Waals surface area contributed by atoms with Crippen LogP contribution in [0.5, 0.6) is 0 Å². The summed E-state index contributed by atoms with van der Waals surface area (Å²) in [6, 6.07) is 0.967. The average Bonchev–Trinajstić information content (AvgIpc) is 2.79. The van der Waals surface area contributed by atoms with Crippen LogP contribution in [0.15, 0.2) is 0 Å². The molecule has 21 heavy (non-hydrogen) atoms. The highest BCUT2D eigenvalue weighted by Crippen LogP contribution is 2.65. The van der Waals surface area contributed by atoms with Crippen molar-refractivity contribution in [2.24, 2.45) is 16.7 Å². The van der Waals surface area contributed by atoms with Gasteiger partial charge in [-0.15, -0.1) is 0 Å². The molecule has 2 N–H and O–H groups in total. The second-order valence-electron chi connectivity index (χ2n) is 8.42. The first-order valence-electron chi connectivity index (χ1n) is 8.96. The van der Waals surface area contributed by atoms with Gasteiger partial charge in [-0.25, -0.2) is 0 Å². The summed E-state index contributed by atoms with van der Waals surface area (Å²) >= 11 is 0. The van der Waals surface area contributed by atoms with Crippen LogP contribution in [0.4, 0.5) is 0 Å². The standard InChI is InChI=1S/C18H32N2O/c1-17(2)13-9-10-18(17,3)15(12-13)20-16(21)8-7-14-6-4-5-11-19-14/h13-15,19H,4-12H2,1-3H3,(H,20,21). The highest BCUT2D eigenvalue weighted by atomic mass is 16.1. The molecule has 4 unspecified atom stereocenters. The summed E-state index contributed by atoms with van der Waals surface area (Å²) in [7, 11) is 0. The highest BCUT2D eigenvalue weighted by Gasteiger charge is 2.61. The third-order valence-electron chi connectivity index (χ3n) is 7.26. The van der Waals surface area contributed by atoms with Gasteiger partial charge in [-0.3, -0.25) is 4.79 Å². The predicted molar refractivity (Wildman–Crippen MR) is 86.0 cm³/mol. The molecule has 3 rings (SSSR count). The molecule has 0 aromatic heterocycles. The number of nitrogens with one attached hydrogen (secondary N) is 2. The third-order valence-corrected chi connectivity index (χ3v) is 7.26. The molecule has 1 saturated heterocycles. The van der Waals surface area contributed by atoms with E-state index in [-0.39, 0.29) is 5.91 Å². The molecule has 0 radical (unpaired) electrons. The highest BCUT2D eigenvalue weighted by molar-refractivity contribution is 5.76. The van der Waals surface area contributed by atoms with Gasteiger partial charge in [0.15, 0.2) is 0 Å². The normalized spacial score (nSPS) is 41.2. The first-order valence-corrected chi connectivity index (χ1v) is 8.96. The van der Waals surface area contributed by atoms with Gasteiger partial charge in [-0.1, -0.05) is 27.2 Å². The molecule has 4 atom stereocenters. The number of carbonyl (C=O) groups is 1. The Labute approximate surface area is 129 Å². The first kappa shape index (κ1) is 15.3. The number of rotatable bonds is 4. The Morgan fingerprint density at radius 2 is 2.05 bits per heavy atom. The van der Waals surface area contributed by atoms with Crippen molar-refractivity contribution in [3.05, 3.63) is 0 Å². The summed E-state index contributed by atoms with van der Waals surface area (Å²) in [4.78, 5) is 12.3. The van der Waals surface area contributed by atoms with Crippen molar-refractivity contribution in [3.8, 4) is 0 Å². The second kappa shape index (κ2) is 5.57. The van der Waals surface area contributed by atoms with Crippen molar-refractivity contribution in [1.29, 1.82) is 0 Å². The molecule has 3 fully saturated rings. The van der Waals surface area contributed by atoms with Gasteiger partial charge in [0.05, 0.1) is 0 Å². The molecule has 0 aromatic rings. The molecule has 1 amide bonds. The van der Waals surface area contributed by atoms with E-state index in [1.807, 2.05) is 0 Å². The zero-order valence-corrected chi connectivity index (χ0v) is 14.0. The van der Waals surface area contributed by atoms with Crippen molar-refractivity contribution < 1.29 is 4.79 Å². The van der Waals surface area contributed by atoms with Crippen molar-refractivity contribution in [3.63, 3.8) is 0 Å². The fourth-order valence-corrected chi connectivity index (χ4v) is 5.16. The van der Waals surface area contributed by atoms with Crippen LogP contribution in [0.2, 0.25) is 0 Å². The molecule has 2 aliphatic carbocycles. The van der Waals surface area contributed by atoms with Crippen LogP contribution in [0, 0.1) is 16.7 Å². The van der Waals surface area contributed by atoms with Crippen LogP contribution in [0.1, 0.15) is 72.1 Å². The fourth-order valence-electron chi connectivity index (χ4n) is 5.16. The molecule has 1 aliphatic heterocycles. The minimum Gasteiger partial charge on any atom is -0.353 e. The van der Waals surface area contributed by atoms with Crippen molar-refractivity contribution in [2.75, 3.05) is 6.54 Å². The summed E-state index contributed by atoms with van der Waals surface area (Å²) in [6.07, 6.45) is 9.36. The van der Waals surface area contributed by atoms with E-state index in [1.165, 1.54) is 38.5 Å². The summed E-state index contributed by atoms with van der Waals surface area (Å²) < 4.78 is 0. The minimum atomic E-state index is 0.275. The first-order chi connectivity index (χ1) is 9.93. The Balaban J connectivity index is 1.49. The molecule has 2 saturated carbocycles. The molecular weight excluding hydrogens is 260 g/mol. The predicted octanol–water partition coefficient (Wildman–Crippen LogP) is 3.24. The monoisotopic (exact) mass is 292 g/mol. The van der Waals surface area contributed by atoms with Crippen LogP contribution >= 0.6 is 0 Å². The maximum absolute atomic E-state index is 12.3. The molecule has 120 valence electrons. The lowest BCUT2D eigenvalue weighted by atomic mass is 9.69. The maximum Gasteiger partial charge on any atom is 0.220 e. The van der Waals surface area contributed by atoms with Crippen molar-refractivity contribution in [2.45, 2.75) is 84.2 Å². The lowest BCUT2D eigenvalue weighted by Crippen LogP contribution is -2.47. The number of hydrogen-bond donors (Lipinski definition) is 2.